The summed E-state index contributed by atoms with van der Waals surface area (Å²) in [5.74, 6) is 0.277. The molecule has 2 heterocycles. The normalized spacial score (nSPS) is 12.7. The van der Waals surface area contributed by atoms with Gasteiger partial charge in [-0.25, -0.2) is 9.78 Å². The molecule has 0 fully saturated rings. The molecule has 6 N–H and O–H groups in total. The summed E-state index contributed by atoms with van der Waals surface area (Å²) in [6.07, 6.45) is 1.49. The molecule has 0 bridgehead atoms. The average Bonchev–Trinajstić information content (AvgIpc) is 2.95. The fourth-order valence-electron chi connectivity index (χ4n) is 3.23. The van der Waals surface area contributed by atoms with E-state index in [9.17, 15) is 9.59 Å². The third-order valence-electron chi connectivity index (χ3n) is 4.81. The number of rotatable bonds is 6. The van der Waals surface area contributed by atoms with Crippen molar-refractivity contribution >= 4 is 41.0 Å². The van der Waals surface area contributed by atoms with Gasteiger partial charge in [0.05, 0.1) is 6.20 Å². The predicted octanol–water partition coefficient (Wildman–Crippen LogP) is 2.90. The molecule has 10 heteroatoms. The van der Waals surface area contributed by atoms with Crippen LogP contribution in [0.5, 0.6) is 0 Å². The molecule has 4 rings (SSSR count). The van der Waals surface area contributed by atoms with E-state index in [1.807, 2.05) is 30.3 Å². The van der Waals surface area contributed by atoms with Gasteiger partial charge in [-0.05, 0) is 34.9 Å². The summed E-state index contributed by atoms with van der Waals surface area (Å²) >= 11 is 6.24. The van der Waals surface area contributed by atoms with Crippen LogP contribution in [0.2, 0.25) is 5.02 Å². The number of hydrogen-bond acceptors (Lipinski definition) is 6. The number of anilines is 3. The van der Waals surface area contributed by atoms with Crippen LogP contribution in [0.15, 0.2) is 48.7 Å². The maximum absolute atomic E-state index is 11.6. The number of halogens is 1. The molecule has 1 aliphatic heterocycles. The third kappa shape index (κ3) is 4.84. The van der Waals surface area contributed by atoms with Gasteiger partial charge in [-0.15, -0.1) is 0 Å². The summed E-state index contributed by atoms with van der Waals surface area (Å²) in [5.41, 5.74) is 9.42. The lowest BCUT2D eigenvalue weighted by atomic mass is 10.1. The number of carbonyl (C=O) groups excluding carboxylic acids is 2. The summed E-state index contributed by atoms with van der Waals surface area (Å²) in [6, 6.07) is 12.6. The topological polar surface area (TPSA) is 134 Å². The van der Waals surface area contributed by atoms with E-state index < -0.39 is 5.91 Å². The Bertz CT molecular complexity index is 1150. The van der Waals surface area contributed by atoms with Crippen LogP contribution in [0.4, 0.5) is 22.2 Å². The standard InChI is InChI=1S/C21H20ClN7O2/c22-17-11-25-20(28-15-6-5-12-8-26-21(31)27-10-14(12)7-15)29-19(17)24-9-13-3-1-2-4-16(13)18(23)30/h1-7,11H,8-10H2,(H2,23,30)(H2,26,27,31)(H2,24,25,28,29). The first-order valence-electron chi connectivity index (χ1n) is 9.54. The largest absolute Gasteiger partial charge is 0.366 e. The maximum atomic E-state index is 11.6. The van der Waals surface area contributed by atoms with E-state index in [4.69, 9.17) is 17.3 Å². The second-order valence-electron chi connectivity index (χ2n) is 6.91. The molecule has 2 aromatic carbocycles. The minimum atomic E-state index is -0.497. The molecule has 0 saturated heterocycles. The molecular formula is C21H20ClN7O2. The minimum Gasteiger partial charge on any atom is -0.366 e. The number of benzene rings is 2. The smallest absolute Gasteiger partial charge is 0.315 e. The zero-order valence-corrected chi connectivity index (χ0v) is 17.2. The highest BCUT2D eigenvalue weighted by Gasteiger charge is 2.13. The van der Waals surface area contributed by atoms with E-state index in [0.29, 0.717) is 42.0 Å². The van der Waals surface area contributed by atoms with Crippen molar-refractivity contribution in [3.05, 3.63) is 75.9 Å². The van der Waals surface area contributed by atoms with Gasteiger partial charge in [0.15, 0.2) is 5.82 Å². The summed E-state index contributed by atoms with van der Waals surface area (Å²) < 4.78 is 0. The van der Waals surface area contributed by atoms with Crippen LogP contribution in [0.25, 0.3) is 0 Å². The van der Waals surface area contributed by atoms with Gasteiger partial charge in [-0.2, -0.15) is 4.98 Å². The monoisotopic (exact) mass is 437 g/mol. The molecule has 1 aromatic heterocycles. The first-order chi connectivity index (χ1) is 15.0. The third-order valence-corrected chi connectivity index (χ3v) is 5.09. The molecule has 0 saturated carbocycles. The first-order valence-corrected chi connectivity index (χ1v) is 9.92. The Morgan fingerprint density at radius 2 is 1.90 bits per heavy atom. The molecule has 0 radical (unpaired) electrons. The van der Waals surface area contributed by atoms with Gasteiger partial charge in [0, 0.05) is 30.9 Å². The van der Waals surface area contributed by atoms with Crippen LogP contribution in [0.1, 0.15) is 27.0 Å². The van der Waals surface area contributed by atoms with E-state index in [1.165, 1.54) is 6.20 Å². The Hall–Kier alpha value is -3.85. The van der Waals surface area contributed by atoms with E-state index >= 15 is 0 Å². The number of carbonyl (C=O) groups is 2. The van der Waals surface area contributed by atoms with Crippen LogP contribution in [0.3, 0.4) is 0 Å². The SMILES string of the molecule is NC(=O)c1ccccc1CNc1nc(Nc2ccc3c(c2)CNC(=O)NC3)ncc1Cl. The van der Waals surface area contributed by atoms with Gasteiger partial charge in [-0.1, -0.05) is 35.9 Å². The van der Waals surface area contributed by atoms with Gasteiger partial charge in [0.2, 0.25) is 11.9 Å². The number of aromatic nitrogens is 2. The van der Waals surface area contributed by atoms with Crippen LogP contribution in [-0.4, -0.2) is 21.9 Å². The Kier molecular flexibility index (Phi) is 5.85. The zero-order chi connectivity index (χ0) is 21.8. The fourth-order valence-corrected chi connectivity index (χ4v) is 3.39. The van der Waals surface area contributed by atoms with Crippen molar-refractivity contribution < 1.29 is 9.59 Å². The van der Waals surface area contributed by atoms with Crippen molar-refractivity contribution in [3.8, 4) is 0 Å². The lowest BCUT2D eigenvalue weighted by Crippen LogP contribution is -2.31. The number of nitrogens with one attached hydrogen (secondary N) is 4. The van der Waals surface area contributed by atoms with Crippen molar-refractivity contribution in [1.29, 1.82) is 0 Å². The van der Waals surface area contributed by atoms with E-state index in [-0.39, 0.29) is 6.03 Å². The fraction of sp³-hybridized carbons (Fsp3) is 0.143. The second kappa shape index (κ2) is 8.88. The molecule has 3 aromatic rings. The number of hydrogen-bond donors (Lipinski definition) is 5. The van der Waals surface area contributed by atoms with Crippen molar-refractivity contribution in [2.75, 3.05) is 10.6 Å². The number of amides is 3. The van der Waals surface area contributed by atoms with Gasteiger partial charge in [-0.3, -0.25) is 4.79 Å². The highest BCUT2D eigenvalue weighted by Crippen LogP contribution is 2.24. The Balaban J connectivity index is 1.50. The van der Waals surface area contributed by atoms with Crippen molar-refractivity contribution in [1.82, 2.24) is 20.6 Å². The van der Waals surface area contributed by atoms with Crippen LogP contribution >= 0.6 is 11.6 Å². The predicted molar refractivity (Wildman–Crippen MR) is 118 cm³/mol. The van der Waals surface area contributed by atoms with E-state index in [2.05, 4.69) is 31.2 Å². The highest BCUT2D eigenvalue weighted by atomic mass is 35.5. The molecule has 0 aliphatic carbocycles. The lowest BCUT2D eigenvalue weighted by Gasteiger charge is -2.13. The second-order valence-corrected chi connectivity index (χ2v) is 7.32. The molecule has 31 heavy (non-hydrogen) atoms. The molecule has 0 spiro atoms. The zero-order valence-electron chi connectivity index (χ0n) is 16.4. The van der Waals surface area contributed by atoms with Crippen molar-refractivity contribution in [2.45, 2.75) is 19.6 Å². The summed E-state index contributed by atoms with van der Waals surface area (Å²) in [7, 11) is 0. The number of nitrogens with two attached hydrogens (primary N) is 1. The number of nitrogens with zero attached hydrogens (tertiary/aromatic N) is 2. The quantitative estimate of drug-likeness (QED) is 0.402. The molecular weight excluding hydrogens is 418 g/mol. The van der Waals surface area contributed by atoms with Crippen LogP contribution in [-0.2, 0) is 19.6 Å². The maximum Gasteiger partial charge on any atom is 0.315 e. The average molecular weight is 438 g/mol. The molecule has 9 nitrogen and oxygen atoms in total. The van der Waals surface area contributed by atoms with Crippen molar-refractivity contribution in [2.24, 2.45) is 5.73 Å². The van der Waals surface area contributed by atoms with Gasteiger partial charge in [0.1, 0.15) is 5.02 Å². The molecule has 0 atom stereocenters. The van der Waals surface area contributed by atoms with Gasteiger partial charge >= 0.3 is 6.03 Å². The van der Waals surface area contributed by atoms with Crippen LogP contribution in [0, 0.1) is 0 Å². The molecule has 0 unspecified atom stereocenters. The van der Waals surface area contributed by atoms with Gasteiger partial charge in [0.25, 0.3) is 0 Å². The first kappa shape index (κ1) is 20.4. The number of fused-ring (bicyclic) bond motifs is 1. The number of urea groups is 1. The van der Waals surface area contributed by atoms with Gasteiger partial charge < -0.3 is 27.0 Å². The highest BCUT2D eigenvalue weighted by molar-refractivity contribution is 6.32. The summed E-state index contributed by atoms with van der Waals surface area (Å²) in [4.78, 5) is 31.8. The lowest BCUT2D eigenvalue weighted by molar-refractivity contribution is 0.0999. The van der Waals surface area contributed by atoms with Crippen molar-refractivity contribution in [3.63, 3.8) is 0 Å². The Morgan fingerprint density at radius 3 is 2.71 bits per heavy atom. The summed E-state index contributed by atoms with van der Waals surface area (Å²) in [5, 5.41) is 12.2. The van der Waals surface area contributed by atoms with E-state index in [0.717, 1.165) is 22.4 Å². The van der Waals surface area contributed by atoms with E-state index in [1.54, 1.807) is 12.1 Å². The molecule has 1 aliphatic rings. The minimum absolute atomic E-state index is 0.194. The molecule has 3 amide bonds. The number of primary amides is 1. The Labute approximate surface area is 183 Å². The van der Waals surface area contributed by atoms with Crippen LogP contribution < -0.4 is 27.0 Å². The Morgan fingerprint density at radius 1 is 1.13 bits per heavy atom. The molecule has 158 valence electrons. The summed E-state index contributed by atoms with van der Waals surface area (Å²) in [6.45, 7) is 1.23.